The van der Waals surface area contributed by atoms with Crippen LogP contribution in [0, 0.1) is 0 Å². The topological polar surface area (TPSA) is 61.8 Å². The van der Waals surface area contributed by atoms with E-state index in [1.54, 1.807) is 0 Å². The quantitative estimate of drug-likeness (QED) is 0.0451. The van der Waals surface area contributed by atoms with Gasteiger partial charge in [-0.25, -0.2) is 0 Å². The van der Waals surface area contributed by atoms with Crippen LogP contribution in [0.1, 0.15) is 316 Å². The molecule has 0 radical (unpaired) electrons. The summed E-state index contributed by atoms with van der Waals surface area (Å²) in [5.41, 5.74) is 0. The molecule has 358 valence electrons. The molecule has 5 nitrogen and oxygen atoms in total. The highest BCUT2D eigenvalue weighted by molar-refractivity contribution is 5.70. The zero-order valence-corrected chi connectivity index (χ0v) is 41.3. The highest BCUT2D eigenvalue weighted by Gasteiger charge is 2.17. The Kier molecular flexibility index (Phi) is 51.3. The van der Waals surface area contributed by atoms with E-state index in [0.29, 0.717) is 26.1 Å². The highest BCUT2D eigenvalue weighted by atomic mass is 16.6. The normalized spacial score (nSPS) is 12.0. The fourth-order valence-electron chi connectivity index (χ4n) is 8.51. The molecule has 0 spiro atoms. The monoisotopic (exact) mass is 849 g/mol. The van der Waals surface area contributed by atoms with Crippen LogP contribution < -0.4 is 0 Å². The van der Waals surface area contributed by atoms with Gasteiger partial charge in [-0.05, 0) is 19.3 Å². The molecule has 0 N–H and O–H groups in total. The van der Waals surface area contributed by atoms with Gasteiger partial charge in [0.25, 0.3) is 0 Å². The summed E-state index contributed by atoms with van der Waals surface area (Å²) in [4.78, 5) is 25.4. The largest absolute Gasteiger partial charge is 0.462 e. The maximum absolute atomic E-state index is 12.8. The lowest BCUT2D eigenvalue weighted by atomic mass is 10.0. The Hall–Kier alpha value is -1.10. The summed E-state index contributed by atoms with van der Waals surface area (Å²) in [6.45, 7) is 7.91. The average Bonchev–Trinajstić information content (AvgIpc) is 3.25. The zero-order chi connectivity index (χ0) is 43.5. The van der Waals surface area contributed by atoms with Gasteiger partial charge in [0.2, 0.25) is 0 Å². The molecule has 0 fully saturated rings. The summed E-state index contributed by atoms with van der Waals surface area (Å²) in [5.74, 6) is -0.368. The van der Waals surface area contributed by atoms with Gasteiger partial charge in [0, 0.05) is 19.4 Å². The molecule has 0 aromatic heterocycles. The second-order valence-corrected chi connectivity index (χ2v) is 18.9. The molecule has 0 amide bonds. The smallest absolute Gasteiger partial charge is 0.306 e. The van der Waals surface area contributed by atoms with Gasteiger partial charge in [-0.15, -0.1) is 0 Å². The second-order valence-electron chi connectivity index (χ2n) is 18.9. The number of esters is 2. The molecule has 0 aliphatic rings. The lowest BCUT2D eigenvalue weighted by Crippen LogP contribution is -2.30. The van der Waals surface area contributed by atoms with E-state index >= 15 is 0 Å². The standard InChI is InChI=1S/C55H108O5/c1-4-7-10-13-16-19-22-25-26-27-28-29-30-32-33-36-39-42-45-48-54(56)59-52-53(51-58-50-47-44-41-38-35-24-21-18-15-12-9-6-3)60-55(57)49-46-43-40-37-34-31-23-20-17-14-11-8-5-2/h53H,4-52H2,1-3H3. The molecule has 0 aliphatic carbocycles. The molecule has 0 saturated heterocycles. The van der Waals surface area contributed by atoms with Crippen molar-refractivity contribution >= 4 is 11.9 Å². The van der Waals surface area contributed by atoms with Crippen LogP contribution in [0.25, 0.3) is 0 Å². The summed E-state index contributed by atoms with van der Waals surface area (Å²) in [5, 5.41) is 0. The third kappa shape index (κ3) is 49.6. The third-order valence-electron chi connectivity index (χ3n) is 12.6. The highest BCUT2D eigenvalue weighted by Crippen LogP contribution is 2.17. The van der Waals surface area contributed by atoms with Crippen LogP contribution in [0.4, 0.5) is 0 Å². The fraction of sp³-hybridized carbons (Fsp3) is 0.964. The molecule has 0 bridgehead atoms. The Morgan fingerprint density at radius 1 is 0.300 bits per heavy atom. The molecule has 0 aromatic rings. The SMILES string of the molecule is CCCCCCCCCCCCCCCCCCCCCC(=O)OCC(COCCCCCCCCCCCCCC)OC(=O)CCCCCCCCCCCCCCC. The fourth-order valence-corrected chi connectivity index (χ4v) is 8.51. The molecule has 0 aliphatic heterocycles. The van der Waals surface area contributed by atoms with Gasteiger partial charge in [-0.1, -0.05) is 284 Å². The molecule has 0 rings (SSSR count). The van der Waals surface area contributed by atoms with Crippen molar-refractivity contribution in [2.45, 2.75) is 322 Å². The number of carbonyl (C=O) groups is 2. The van der Waals surface area contributed by atoms with Crippen LogP contribution in [0.2, 0.25) is 0 Å². The summed E-state index contributed by atoms with van der Waals surface area (Å²) in [6.07, 6.45) is 58.3. The predicted octanol–water partition coefficient (Wildman–Crippen LogP) is 18.5. The number of ether oxygens (including phenoxy) is 3. The second kappa shape index (κ2) is 52.2. The van der Waals surface area contributed by atoms with E-state index in [4.69, 9.17) is 14.2 Å². The van der Waals surface area contributed by atoms with Gasteiger partial charge in [-0.3, -0.25) is 9.59 Å². The number of hydrogen-bond acceptors (Lipinski definition) is 5. The minimum Gasteiger partial charge on any atom is -0.462 e. The first kappa shape index (κ1) is 58.9. The van der Waals surface area contributed by atoms with Crippen LogP contribution in [0.3, 0.4) is 0 Å². The third-order valence-corrected chi connectivity index (χ3v) is 12.6. The molecule has 1 atom stereocenters. The Morgan fingerprint density at radius 3 is 0.850 bits per heavy atom. The average molecular weight is 849 g/mol. The van der Waals surface area contributed by atoms with Crippen molar-refractivity contribution in [3.63, 3.8) is 0 Å². The van der Waals surface area contributed by atoms with E-state index in [1.165, 1.54) is 250 Å². The van der Waals surface area contributed by atoms with E-state index in [2.05, 4.69) is 20.8 Å². The summed E-state index contributed by atoms with van der Waals surface area (Å²) in [6, 6.07) is 0. The number of hydrogen-bond donors (Lipinski definition) is 0. The Balaban J connectivity index is 4.12. The summed E-state index contributed by atoms with van der Waals surface area (Å²) < 4.78 is 17.4. The van der Waals surface area contributed by atoms with E-state index in [0.717, 1.165) is 32.1 Å². The molecule has 0 aromatic carbocycles. The van der Waals surface area contributed by atoms with E-state index in [9.17, 15) is 9.59 Å². The van der Waals surface area contributed by atoms with Crippen molar-refractivity contribution in [1.82, 2.24) is 0 Å². The van der Waals surface area contributed by atoms with E-state index < -0.39 is 6.10 Å². The number of carbonyl (C=O) groups excluding carboxylic acids is 2. The van der Waals surface area contributed by atoms with Crippen LogP contribution in [-0.4, -0.2) is 37.9 Å². The maximum Gasteiger partial charge on any atom is 0.306 e. The number of rotatable bonds is 52. The van der Waals surface area contributed by atoms with Gasteiger partial charge in [0.05, 0.1) is 6.61 Å². The first-order valence-electron chi connectivity index (χ1n) is 27.6. The first-order valence-corrected chi connectivity index (χ1v) is 27.6. The van der Waals surface area contributed by atoms with Crippen LogP contribution in [-0.2, 0) is 23.8 Å². The molecular formula is C55H108O5. The van der Waals surface area contributed by atoms with Crippen molar-refractivity contribution in [2.75, 3.05) is 19.8 Å². The molecule has 0 saturated carbocycles. The number of unbranched alkanes of at least 4 members (excludes halogenated alkanes) is 41. The van der Waals surface area contributed by atoms with Crippen molar-refractivity contribution < 1.29 is 23.8 Å². The van der Waals surface area contributed by atoms with Crippen molar-refractivity contribution in [3.8, 4) is 0 Å². The Labute approximate surface area is 376 Å². The Bertz CT molecular complexity index is 830. The first-order chi connectivity index (χ1) is 29.6. The predicted molar refractivity (Wildman–Crippen MR) is 261 cm³/mol. The van der Waals surface area contributed by atoms with Crippen LogP contribution in [0.5, 0.6) is 0 Å². The molecular weight excluding hydrogens is 741 g/mol. The molecule has 60 heavy (non-hydrogen) atoms. The summed E-state index contributed by atoms with van der Waals surface area (Å²) >= 11 is 0. The van der Waals surface area contributed by atoms with Gasteiger partial charge in [-0.2, -0.15) is 0 Å². The van der Waals surface area contributed by atoms with Crippen LogP contribution in [0.15, 0.2) is 0 Å². The van der Waals surface area contributed by atoms with Crippen molar-refractivity contribution in [1.29, 1.82) is 0 Å². The van der Waals surface area contributed by atoms with Gasteiger partial charge in [0.1, 0.15) is 6.61 Å². The zero-order valence-electron chi connectivity index (χ0n) is 41.3. The molecule has 0 heterocycles. The van der Waals surface area contributed by atoms with E-state index in [1.807, 2.05) is 0 Å². The summed E-state index contributed by atoms with van der Waals surface area (Å²) in [7, 11) is 0. The molecule has 5 heteroatoms. The maximum atomic E-state index is 12.8. The van der Waals surface area contributed by atoms with Gasteiger partial charge in [0.15, 0.2) is 6.10 Å². The van der Waals surface area contributed by atoms with Gasteiger partial charge >= 0.3 is 11.9 Å². The lowest BCUT2D eigenvalue weighted by Gasteiger charge is -2.18. The minimum absolute atomic E-state index is 0.0980. The van der Waals surface area contributed by atoms with Crippen molar-refractivity contribution in [3.05, 3.63) is 0 Å². The minimum atomic E-state index is -0.522. The van der Waals surface area contributed by atoms with Gasteiger partial charge < -0.3 is 14.2 Å². The van der Waals surface area contributed by atoms with Crippen molar-refractivity contribution in [2.24, 2.45) is 0 Å². The van der Waals surface area contributed by atoms with Crippen LogP contribution >= 0.6 is 0 Å². The van der Waals surface area contributed by atoms with E-state index in [-0.39, 0.29) is 18.5 Å². The molecule has 1 unspecified atom stereocenters. The lowest BCUT2D eigenvalue weighted by molar-refractivity contribution is -0.163. The Morgan fingerprint density at radius 2 is 0.550 bits per heavy atom.